The Hall–Kier alpha value is -5.77. The summed E-state index contributed by atoms with van der Waals surface area (Å²) in [5.74, 6) is 0.726. The van der Waals surface area contributed by atoms with Gasteiger partial charge in [0.2, 0.25) is 0 Å². The van der Waals surface area contributed by atoms with Crippen molar-refractivity contribution < 1.29 is 0 Å². The molecule has 2 heterocycles. The third kappa shape index (κ3) is 4.01. The highest BCUT2D eigenvalue weighted by molar-refractivity contribution is 7.99. The maximum absolute atomic E-state index is 5.17. The molecule has 2 aliphatic rings. The molecule has 0 N–H and O–H groups in total. The molecule has 0 saturated carbocycles. The van der Waals surface area contributed by atoms with Crippen LogP contribution in [-0.2, 0) is 5.41 Å². The number of rotatable bonds is 3. The molecule has 0 radical (unpaired) electrons. The number of hydrogen-bond acceptors (Lipinski definition) is 3. The van der Waals surface area contributed by atoms with E-state index in [1.54, 1.807) is 0 Å². The summed E-state index contributed by atoms with van der Waals surface area (Å²) in [4.78, 5) is 12.8. The average molecular weight is 629 g/mol. The molecule has 224 valence electrons. The number of fused-ring (bicyclic) bond motifs is 10. The lowest BCUT2D eigenvalue weighted by Gasteiger charge is -2.40. The van der Waals surface area contributed by atoms with Crippen LogP contribution in [0.15, 0.2) is 180 Å². The van der Waals surface area contributed by atoms with Crippen molar-refractivity contribution in [1.29, 1.82) is 0 Å². The van der Waals surface area contributed by atoms with Gasteiger partial charge in [0.25, 0.3) is 0 Å². The molecule has 1 aliphatic carbocycles. The van der Waals surface area contributed by atoms with Crippen LogP contribution in [0.1, 0.15) is 22.3 Å². The van der Waals surface area contributed by atoms with Crippen LogP contribution in [0.5, 0.6) is 0 Å². The molecule has 1 spiro atoms. The third-order valence-corrected chi connectivity index (χ3v) is 11.0. The third-order valence-electron chi connectivity index (χ3n) is 9.93. The topological polar surface area (TPSA) is 25.8 Å². The van der Waals surface area contributed by atoms with Gasteiger partial charge in [0, 0.05) is 26.5 Å². The Labute approximate surface area is 283 Å². The molecular weight excluding hydrogens is 601 g/mol. The van der Waals surface area contributed by atoms with Crippen LogP contribution in [0.4, 0.5) is 0 Å². The quantitative estimate of drug-likeness (QED) is 0.195. The minimum absolute atomic E-state index is 0.429. The van der Waals surface area contributed by atoms with E-state index in [9.17, 15) is 0 Å². The fourth-order valence-electron chi connectivity index (χ4n) is 7.82. The summed E-state index contributed by atoms with van der Waals surface area (Å²) >= 11 is 1.87. The molecule has 0 amide bonds. The normalized spacial score (nSPS) is 13.5. The molecule has 48 heavy (non-hydrogen) atoms. The molecular formula is C45H28N2S. The first-order chi connectivity index (χ1) is 23.8. The molecule has 10 rings (SSSR count). The van der Waals surface area contributed by atoms with Gasteiger partial charge in [0.1, 0.15) is 0 Å². The van der Waals surface area contributed by atoms with Gasteiger partial charge >= 0.3 is 0 Å². The molecule has 3 heteroatoms. The van der Waals surface area contributed by atoms with E-state index in [-0.39, 0.29) is 0 Å². The molecule has 0 unspecified atom stereocenters. The maximum Gasteiger partial charge on any atom is 0.160 e. The summed E-state index contributed by atoms with van der Waals surface area (Å²) < 4.78 is 0. The van der Waals surface area contributed by atoms with E-state index >= 15 is 0 Å². The summed E-state index contributed by atoms with van der Waals surface area (Å²) in [5.41, 5.74) is 12.5. The molecule has 1 aliphatic heterocycles. The number of nitrogens with zero attached hydrogens (tertiary/aromatic N) is 2. The zero-order valence-corrected chi connectivity index (χ0v) is 26.8. The lowest BCUT2D eigenvalue weighted by molar-refractivity contribution is 0.724. The van der Waals surface area contributed by atoms with Crippen LogP contribution in [0.25, 0.3) is 55.8 Å². The first-order valence-electron chi connectivity index (χ1n) is 16.3. The van der Waals surface area contributed by atoms with Crippen molar-refractivity contribution in [3.05, 3.63) is 192 Å². The van der Waals surface area contributed by atoms with E-state index in [1.807, 2.05) is 36.0 Å². The van der Waals surface area contributed by atoms with E-state index in [0.29, 0.717) is 0 Å². The molecule has 0 fully saturated rings. The van der Waals surface area contributed by atoms with Gasteiger partial charge in [-0.15, -0.1) is 0 Å². The highest BCUT2D eigenvalue weighted by Crippen LogP contribution is 2.62. The smallest absolute Gasteiger partial charge is 0.160 e. The van der Waals surface area contributed by atoms with Crippen LogP contribution in [0.3, 0.4) is 0 Å². The fourth-order valence-corrected chi connectivity index (χ4v) is 9.08. The SMILES string of the molecule is c1ccc(-c2cc(-c3ccc4c(c3)Sc3cc5ccccc5cc3C43c4ccccc4-c4ccccc43)nc(-c3ccccc3)n2)cc1. The van der Waals surface area contributed by atoms with Crippen molar-refractivity contribution in [2.24, 2.45) is 0 Å². The summed E-state index contributed by atoms with van der Waals surface area (Å²) in [5, 5.41) is 2.52. The lowest BCUT2D eigenvalue weighted by atomic mass is 9.67. The van der Waals surface area contributed by atoms with Crippen molar-refractivity contribution in [3.8, 4) is 45.0 Å². The molecule has 8 aromatic rings. The highest BCUT2D eigenvalue weighted by Gasteiger charge is 2.50. The van der Waals surface area contributed by atoms with Crippen molar-refractivity contribution in [2.75, 3.05) is 0 Å². The van der Waals surface area contributed by atoms with E-state index in [0.717, 1.165) is 33.9 Å². The van der Waals surface area contributed by atoms with Crippen LogP contribution in [-0.4, -0.2) is 9.97 Å². The minimum atomic E-state index is -0.429. The largest absolute Gasteiger partial charge is 0.228 e. The predicted molar refractivity (Wildman–Crippen MR) is 197 cm³/mol. The second kappa shape index (κ2) is 10.6. The zero-order chi connectivity index (χ0) is 31.7. The first kappa shape index (κ1) is 27.4. The standard InChI is InChI=1S/C45H28N2S/c1-3-13-29(14-4-1)40-28-41(47-44(46-40)30-15-5-2-6-16-30)33-23-24-38-42(27-33)48-43-26-32-18-8-7-17-31(32)25-39(43)45(38)36-21-11-9-19-34(36)35-20-10-12-22-37(35)45/h1-28H. The van der Waals surface area contributed by atoms with Crippen LogP contribution >= 0.6 is 11.8 Å². The van der Waals surface area contributed by atoms with Gasteiger partial charge in [0.05, 0.1) is 16.8 Å². The summed E-state index contributed by atoms with van der Waals surface area (Å²) in [6.07, 6.45) is 0. The van der Waals surface area contributed by atoms with Gasteiger partial charge < -0.3 is 0 Å². The van der Waals surface area contributed by atoms with Gasteiger partial charge in [0.15, 0.2) is 5.82 Å². The van der Waals surface area contributed by atoms with Gasteiger partial charge in [-0.3, -0.25) is 0 Å². The minimum Gasteiger partial charge on any atom is -0.228 e. The number of aromatic nitrogens is 2. The molecule has 0 bridgehead atoms. The van der Waals surface area contributed by atoms with E-state index in [1.165, 1.54) is 53.9 Å². The van der Waals surface area contributed by atoms with Crippen molar-refractivity contribution in [3.63, 3.8) is 0 Å². The van der Waals surface area contributed by atoms with Gasteiger partial charge in [-0.2, -0.15) is 0 Å². The zero-order valence-electron chi connectivity index (χ0n) is 26.0. The lowest BCUT2D eigenvalue weighted by Crippen LogP contribution is -2.32. The van der Waals surface area contributed by atoms with Crippen LogP contribution < -0.4 is 0 Å². The first-order valence-corrected chi connectivity index (χ1v) is 17.1. The van der Waals surface area contributed by atoms with E-state index < -0.39 is 5.41 Å². The van der Waals surface area contributed by atoms with E-state index in [2.05, 4.69) is 146 Å². The van der Waals surface area contributed by atoms with Crippen molar-refractivity contribution in [1.82, 2.24) is 9.97 Å². The summed E-state index contributed by atoms with van der Waals surface area (Å²) in [6.45, 7) is 0. The average Bonchev–Trinajstić information content (AvgIpc) is 3.45. The van der Waals surface area contributed by atoms with E-state index in [4.69, 9.17) is 9.97 Å². The molecule has 0 saturated heterocycles. The monoisotopic (exact) mass is 628 g/mol. The molecule has 1 aromatic heterocycles. The van der Waals surface area contributed by atoms with Crippen LogP contribution in [0, 0.1) is 0 Å². The molecule has 0 atom stereocenters. The van der Waals surface area contributed by atoms with Gasteiger partial charge in [-0.1, -0.05) is 157 Å². The second-order valence-electron chi connectivity index (χ2n) is 12.5. The highest BCUT2D eigenvalue weighted by atomic mass is 32.2. The Bertz CT molecular complexity index is 2440. The Balaban J connectivity index is 1.24. The Kier molecular flexibility index (Phi) is 6.06. The Morgan fingerprint density at radius 1 is 0.375 bits per heavy atom. The maximum atomic E-state index is 5.17. The van der Waals surface area contributed by atoms with Crippen molar-refractivity contribution in [2.45, 2.75) is 15.2 Å². The van der Waals surface area contributed by atoms with Crippen molar-refractivity contribution >= 4 is 22.5 Å². The number of benzene rings is 7. The Morgan fingerprint density at radius 2 is 0.917 bits per heavy atom. The van der Waals surface area contributed by atoms with Gasteiger partial charge in [-0.05, 0) is 68.4 Å². The fraction of sp³-hybridized carbons (Fsp3) is 0.0222. The molecule has 2 nitrogen and oxygen atoms in total. The number of hydrogen-bond donors (Lipinski definition) is 0. The second-order valence-corrected chi connectivity index (χ2v) is 13.6. The molecule has 7 aromatic carbocycles. The van der Waals surface area contributed by atoms with Crippen LogP contribution in [0.2, 0.25) is 0 Å². The summed E-state index contributed by atoms with van der Waals surface area (Å²) in [6, 6.07) is 61.3. The van der Waals surface area contributed by atoms with Gasteiger partial charge in [-0.25, -0.2) is 9.97 Å². The summed E-state index contributed by atoms with van der Waals surface area (Å²) in [7, 11) is 0. The predicted octanol–water partition coefficient (Wildman–Crippen LogP) is 11.5. The Morgan fingerprint density at radius 3 is 1.60 bits per heavy atom.